The number of ether oxygens (including phenoxy) is 5. The highest BCUT2D eigenvalue weighted by molar-refractivity contribution is 5.88. The summed E-state index contributed by atoms with van der Waals surface area (Å²) < 4.78 is 23.6. The van der Waals surface area contributed by atoms with Crippen molar-refractivity contribution in [3.8, 4) is 0 Å². The fourth-order valence-electron chi connectivity index (χ4n) is 0.922. The standard InChI is InChI=1S/C18H18O9/c1-7-13(19)24-15(26-17(21)11(3)4)9-23-10-16(25-14(20)8-2)27-18(22)12(5)6/h7-10H,1-3,5H2,4,6H3. The minimum atomic E-state index is -0.949. The molecule has 0 unspecified atom stereocenters. The monoisotopic (exact) mass is 378 g/mol. The molecule has 0 fully saturated rings. The minimum absolute atomic E-state index is 0.0158. The molecule has 0 amide bonds. The van der Waals surface area contributed by atoms with Gasteiger partial charge < -0.3 is 23.7 Å². The highest BCUT2D eigenvalue weighted by atomic mass is 16.7. The summed E-state index contributed by atoms with van der Waals surface area (Å²) in [6, 6.07) is 0. The Kier molecular flexibility index (Phi) is 9.96. The second kappa shape index (κ2) is 11.6. The third-order valence-electron chi connectivity index (χ3n) is 2.15. The molecule has 0 aliphatic heterocycles. The molecule has 0 radical (unpaired) electrons. The van der Waals surface area contributed by atoms with Crippen molar-refractivity contribution in [3.05, 3.63) is 74.0 Å². The van der Waals surface area contributed by atoms with Gasteiger partial charge in [0, 0.05) is 23.3 Å². The highest BCUT2D eigenvalue weighted by Crippen LogP contribution is 2.09. The summed E-state index contributed by atoms with van der Waals surface area (Å²) in [6.07, 6.45) is 2.95. The smallest absolute Gasteiger partial charge is 0.340 e. The van der Waals surface area contributed by atoms with E-state index < -0.39 is 35.8 Å². The van der Waals surface area contributed by atoms with Crippen LogP contribution in [0.1, 0.15) is 13.8 Å². The molecule has 144 valence electrons. The second-order valence-corrected chi connectivity index (χ2v) is 4.60. The molecule has 0 aromatic heterocycles. The topological polar surface area (TPSA) is 114 Å². The van der Waals surface area contributed by atoms with Crippen molar-refractivity contribution >= 4 is 23.9 Å². The first-order valence-corrected chi connectivity index (χ1v) is 7.10. The van der Waals surface area contributed by atoms with Crippen LogP contribution in [-0.2, 0) is 42.9 Å². The average molecular weight is 378 g/mol. The van der Waals surface area contributed by atoms with E-state index in [4.69, 9.17) is 14.2 Å². The summed E-state index contributed by atoms with van der Waals surface area (Å²) in [4.78, 5) is 45.5. The minimum Gasteiger partial charge on any atom is -0.458 e. The molecule has 27 heavy (non-hydrogen) atoms. The highest BCUT2D eigenvalue weighted by Gasteiger charge is 2.15. The van der Waals surface area contributed by atoms with E-state index in [-0.39, 0.29) is 11.1 Å². The largest absolute Gasteiger partial charge is 0.458 e. The van der Waals surface area contributed by atoms with Crippen LogP contribution in [0.5, 0.6) is 0 Å². The molecule has 0 aliphatic carbocycles. The number of hydrogen-bond acceptors (Lipinski definition) is 9. The fraction of sp³-hybridized carbons (Fsp3) is 0.111. The quantitative estimate of drug-likeness (QED) is 0.321. The molecule has 0 saturated carbocycles. The lowest BCUT2D eigenvalue weighted by Gasteiger charge is -2.08. The van der Waals surface area contributed by atoms with E-state index in [1.54, 1.807) is 0 Å². The first-order chi connectivity index (χ1) is 12.6. The van der Waals surface area contributed by atoms with Crippen molar-refractivity contribution in [3.63, 3.8) is 0 Å². The third kappa shape index (κ3) is 9.87. The number of rotatable bonds is 10. The number of esters is 4. The Balaban J connectivity index is 5.43. The van der Waals surface area contributed by atoms with Crippen LogP contribution in [0.15, 0.2) is 74.0 Å². The lowest BCUT2D eigenvalue weighted by Crippen LogP contribution is -2.11. The molecular weight excluding hydrogens is 360 g/mol. The van der Waals surface area contributed by atoms with Crippen LogP contribution in [-0.4, -0.2) is 23.9 Å². The number of carbonyl (C=O) groups is 4. The summed E-state index contributed by atoms with van der Waals surface area (Å²) in [5, 5.41) is 0. The number of hydrogen-bond donors (Lipinski definition) is 0. The predicted molar refractivity (Wildman–Crippen MR) is 91.6 cm³/mol. The molecule has 0 saturated heterocycles. The lowest BCUT2D eigenvalue weighted by atomic mass is 10.4. The molecule has 0 aromatic carbocycles. The van der Waals surface area contributed by atoms with E-state index in [1.807, 2.05) is 0 Å². The predicted octanol–water partition coefficient (Wildman–Crippen LogP) is 2.30. The van der Waals surface area contributed by atoms with Gasteiger partial charge in [0.15, 0.2) is 12.5 Å². The molecule has 0 heterocycles. The zero-order chi connectivity index (χ0) is 21.0. The van der Waals surface area contributed by atoms with Gasteiger partial charge in [-0.2, -0.15) is 0 Å². The fourth-order valence-corrected chi connectivity index (χ4v) is 0.922. The summed E-state index contributed by atoms with van der Waals surface area (Å²) in [6.45, 7) is 15.8. The average Bonchev–Trinajstić information content (AvgIpc) is 2.60. The van der Waals surface area contributed by atoms with Crippen LogP contribution in [0.25, 0.3) is 0 Å². The molecule has 0 aliphatic rings. The Hall–Kier alpha value is -3.88. The van der Waals surface area contributed by atoms with Gasteiger partial charge in [0.2, 0.25) is 0 Å². The van der Waals surface area contributed by atoms with Crippen LogP contribution in [0.2, 0.25) is 0 Å². The van der Waals surface area contributed by atoms with Gasteiger partial charge in [-0.15, -0.1) is 0 Å². The van der Waals surface area contributed by atoms with E-state index >= 15 is 0 Å². The Bertz CT molecular complexity index is 676. The second-order valence-electron chi connectivity index (χ2n) is 4.60. The van der Waals surface area contributed by atoms with E-state index in [2.05, 4.69) is 35.8 Å². The van der Waals surface area contributed by atoms with Crippen molar-refractivity contribution in [1.29, 1.82) is 0 Å². The first kappa shape index (κ1) is 23.1. The summed E-state index contributed by atoms with van der Waals surface area (Å²) in [5.74, 6) is -5.06. The zero-order valence-electron chi connectivity index (χ0n) is 14.8. The Morgan fingerprint density at radius 3 is 1.26 bits per heavy atom. The number of carbonyl (C=O) groups excluding carboxylic acids is 4. The maximum absolute atomic E-state index is 11.5. The van der Waals surface area contributed by atoms with Crippen molar-refractivity contribution in [2.24, 2.45) is 0 Å². The molecule has 0 spiro atoms. The van der Waals surface area contributed by atoms with Crippen LogP contribution in [0.4, 0.5) is 0 Å². The lowest BCUT2D eigenvalue weighted by molar-refractivity contribution is -0.149. The molecule has 0 bridgehead atoms. The molecule has 0 aromatic rings. The van der Waals surface area contributed by atoms with Gasteiger partial charge in [0.25, 0.3) is 0 Å². The van der Waals surface area contributed by atoms with Gasteiger partial charge in [-0.05, 0) is 13.8 Å². The summed E-state index contributed by atoms with van der Waals surface area (Å²) in [7, 11) is 0. The molecule has 9 heteroatoms. The van der Waals surface area contributed by atoms with Crippen molar-refractivity contribution in [2.75, 3.05) is 0 Å². The van der Waals surface area contributed by atoms with Crippen LogP contribution >= 0.6 is 0 Å². The maximum atomic E-state index is 11.5. The van der Waals surface area contributed by atoms with Gasteiger partial charge >= 0.3 is 35.8 Å². The van der Waals surface area contributed by atoms with Gasteiger partial charge in [-0.3, -0.25) is 0 Å². The van der Waals surface area contributed by atoms with E-state index in [1.165, 1.54) is 13.8 Å². The normalized spacial score (nSPS) is 10.7. The van der Waals surface area contributed by atoms with Crippen LogP contribution in [0, 0.1) is 0 Å². The third-order valence-corrected chi connectivity index (χ3v) is 2.15. The summed E-state index contributed by atoms with van der Waals surface area (Å²) >= 11 is 0. The van der Waals surface area contributed by atoms with E-state index in [9.17, 15) is 19.2 Å². The molecule has 9 nitrogen and oxygen atoms in total. The molecule has 0 rings (SSSR count). The Labute approximate surface area is 155 Å². The maximum Gasteiger partial charge on any atom is 0.340 e. The molecule has 0 atom stereocenters. The van der Waals surface area contributed by atoms with Crippen LogP contribution < -0.4 is 0 Å². The van der Waals surface area contributed by atoms with Gasteiger partial charge in [0.05, 0.1) is 0 Å². The SMILES string of the molecule is C=CC(=O)OC(=COC=C(OC(=O)C=C)OC(=O)C(=C)C)OC(=O)C(=C)C. The van der Waals surface area contributed by atoms with E-state index in [0.29, 0.717) is 12.5 Å². The van der Waals surface area contributed by atoms with Crippen molar-refractivity contribution < 1.29 is 42.9 Å². The summed E-state index contributed by atoms with van der Waals surface area (Å²) in [5.41, 5.74) is 0.0316. The Morgan fingerprint density at radius 2 is 1.00 bits per heavy atom. The molecule has 0 N–H and O–H groups in total. The van der Waals surface area contributed by atoms with Gasteiger partial charge in [-0.25, -0.2) is 19.2 Å². The van der Waals surface area contributed by atoms with Gasteiger partial charge in [0.1, 0.15) is 0 Å². The van der Waals surface area contributed by atoms with E-state index in [0.717, 1.165) is 12.2 Å². The van der Waals surface area contributed by atoms with Crippen molar-refractivity contribution in [1.82, 2.24) is 0 Å². The first-order valence-electron chi connectivity index (χ1n) is 7.10. The van der Waals surface area contributed by atoms with Crippen molar-refractivity contribution in [2.45, 2.75) is 13.8 Å². The van der Waals surface area contributed by atoms with Gasteiger partial charge in [-0.1, -0.05) is 26.3 Å². The zero-order valence-corrected chi connectivity index (χ0v) is 14.8. The van der Waals surface area contributed by atoms with Crippen LogP contribution in [0.3, 0.4) is 0 Å². The molecular formula is C18H18O9. The Morgan fingerprint density at radius 1 is 0.667 bits per heavy atom.